The van der Waals surface area contributed by atoms with E-state index in [0.29, 0.717) is 0 Å². The summed E-state index contributed by atoms with van der Waals surface area (Å²) in [5.41, 5.74) is -0.691. The molecule has 1 fully saturated rings. The summed E-state index contributed by atoms with van der Waals surface area (Å²) in [4.78, 5) is 10.6. The predicted octanol–water partition coefficient (Wildman–Crippen LogP) is 1.83. The highest BCUT2D eigenvalue weighted by Gasteiger charge is 2.25. The van der Waals surface area contributed by atoms with Gasteiger partial charge in [0.1, 0.15) is 0 Å². The SMILES string of the molecule is CC(=O)C=CC1(O)CCCCC1. The van der Waals surface area contributed by atoms with E-state index in [-0.39, 0.29) is 5.78 Å². The molecule has 2 nitrogen and oxygen atoms in total. The average Bonchev–Trinajstić information content (AvgIpc) is 2.03. The molecule has 1 rings (SSSR count). The van der Waals surface area contributed by atoms with E-state index in [1.54, 1.807) is 6.08 Å². The molecule has 1 aliphatic rings. The van der Waals surface area contributed by atoms with Gasteiger partial charge in [0.2, 0.25) is 0 Å². The van der Waals surface area contributed by atoms with E-state index in [4.69, 9.17) is 0 Å². The minimum absolute atomic E-state index is 0.00833. The molecular weight excluding hydrogens is 152 g/mol. The zero-order valence-electron chi connectivity index (χ0n) is 7.55. The number of allylic oxidation sites excluding steroid dienone is 1. The van der Waals surface area contributed by atoms with Crippen molar-refractivity contribution in [1.82, 2.24) is 0 Å². The molecule has 0 aromatic rings. The van der Waals surface area contributed by atoms with Gasteiger partial charge in [0.25, 0.3) is 0 Å². The standard InChI is InChI=1S/C10H16O2/c1-9(11)5-8-10(12)6-3-2-4-7-10/h5,8,12H,2-4,6-7H2,1H3. The first-order chi connectivity index (χ1) is 5.62. The molecule has 12 heavy (non-hydrogen) atoms. The quantitative estimate of drug-likeness (QED) is 0.639. The Morgan fingerprint density at radius 2 is 1.92 bits per heavy atom. The summed E-state index contributed by atoms with van der Waals surface area (Å²) in [6, 6.07) is 0. The summed E-state index contributed by atoms with van der Waals surface area (Å²) in [7, 11) is 0. The van der Waals surface area contributed by atoms with Crippen molar-refractivity contribution < 1.29 is 9.90 Å². The molecule has 2 heteroatoms. The van der Waals surface area contributed by atoms with Gasteiger partial charge in [0.05, 0.1) is 5.60 Å². The largest absolute Gasteiger partial charge is 0.386 e. The molecule has 68 valence electrons. The van der Waals surface area contributed by atoms with E-state index in [2.05, 4.69) is 0 Å². The van der Waals surface area contributed by atoms with Crippen LogP contribution in [-0.2, 0) is 4.79 Å². The van der Waals surface area contributed by atoms with Crippen molar-refractivity contribution in [1.29, 1.82) is 0 Å². The van der Waals surface area contributed by atoms with Gasteiger partial charge in [0.15, 0.2) is 5.78 Å². The van der Waals surface area contributed by atoms with Crippen LogP contribution in [0.1, 0.15) is 39.0 Å². The summed E-state index contributed by atoms with van der Waals surface area (Å²) in [6.45, 7) is 1.50. The van der Waals surface area contributed by atoms with E-state index < -0.39 is 5.60 Å². The number of hydrogen-bond donors (Lipinski definition) is 1. The minimum atomic E-state index is -0.691. The molecule has 0 radical (unpaired) electrons. The maximum Gasteiger partial charge on any atom is 0.152 e. The Labute approximate surface area is 73.3 Å². The van der Waals surface area contributed by atoms with E-state index in [1.165, 1.54) is 19.4 Å². The predicted molar refractivity (Wildman–Crippen MR) is 47.9 cm³/mol. The van der Waals surface area contributed by atoms with Crippen molar-refractivity contribution in [2.45, 2.75) is 44.6 Å². The van der Waals surface area contributed by atoms with Crippen LogP contribution in [0, 0.1) is 0 Å². The number of ketones is 1. The molecular formula is C10H16O2. The van der Waals surface area contributed by atoms with Crippen LogP contribution in [0.4, 0.5) is 0 Å². The van der Waals surface area contributed by atoms with Crippen molar-refractivity contribution in [3.8, 4) is 0 Å². The second-order valence-corrected chi connectivity index (χ2v) is 3.61. The van der Waals surface area contributed by atoms with Crippen LogP contribution < -0.4 is 0 Å². The number of carbonyl (C=O) groups excluding carboxylic acids is 1. The monoisotopic (exact) mass is 168 g/mol. The summed E-state index contributed by atoms with van der Waals surface area (Å²) < 4.78 is 0. The molecule has 0 bridgehead atoms. The van der Waals surface area contributed by atoms with Gasteiger partial charge in [-0.3, -0.25) is 4.79 Å². The smallest absolute Gasteiger partial charge is 0.152 e. The lowest BCUT2D eigenvalue weighted by Gasteiger charge is -2.28. The molecule has 1 saturated carbocycles. The van der Waals surface area contributed by atoms with Crippen LogP contribution in [0.3, 0.4) is 0 Å². The van der Waals surface area contributed by atoms with Gasteiger partial charge in [-0.25, -0.2) is 0 Å². The lowest BCUT2D eigenvalue weighted by atomic mass is 9.84. The maximum atomic E-state index is 10.6. The fourth-order valence-electron chi connectivity index (χ4n) is 1.60. The topological polar surface area (TPSA) is 37.3 Å². The van der Waals surface area contributed by atoms with Gasteiger partial charge in [-0.2, -0.15) is 0 Å². The summed E-state index contributed by atoms with van der Waals surface area (Å²) >= 11 is 0. The number of rotatable bonds is 2. The molecule has 0 atom stereocenters. The normalized spacial score (nSPS) is 22.8. The van der Waals surface area contributed by atoms with Gasteiger partial charge in [-0.15, -0.1) is 0 Å². The Morgan fingerprint density at radius 1 is 1.33 bits per heavy atom. The maximum absolute atomic E-state index is 10.6. The lowest BCUT2D eigenvalue weighted by Crippen LogP contribution is -2.28. The van der Waals surface area contributed by atoms with Crippen molar-refractivity contribution in [3.05, 3.63) is 12.2 Å². The van der Waals surface area contributed by atoms with Gasteiger partial charge in [-0.05, 0) is 31.9 Å². The van der Waals surface area contributed by atoms with Crippen LogP contribution >= 0.6 is 0 Å². The highest BCUT2D eigenvalue weighted by atomic mass is 16.3. The third-order valence-electron chi connectivity index (χ3n) is 2.35. The minimum Gasteiger partial charge on any atom is -0.386 e. The van der Waals surface area contributed by atoms with E-state index in [9.17, 15) is 9.90 Å². The van der Waals surface area contributed by atoms with Crippen LogP contribution in [0.5, 0.6) is 0 Å². The Morgan fingerprint density at radius 3 is 2.42 bits per heavy atom. The van der Waals surface area contributed by atoms with Gasteiger partial charge >= 0.3 is 0 Å². The zero-order valence-corrected chi connectivity index (χ0v) is 7.55. The first-order valence-electron chi connectivity index (χ1n) is 4.55. The van der Waals surface area contributed by atoms with Crippen molar-refractivity contribution >= 4 is 5.78 Å². The molecule has 0 aromatic heterocycles. The van der Waals surface area contributed by atoms with Gasteiger partial charge in [0, 0.05) is 0 Å². The summed E-state index contributed by atoms with van der Waals surface area (Å²) in [6.07, 6.45) is 8.08. The average molecular weight is 168 g/mol. The Hall–Kier alpha value is -0.630. The fourth-order valence-corrected chi connectivity index (χ4v) is 1.60. The molecule has 0 amide bonds. The number of aliphatic hydroxyl groups is 1. The molecule has 1 aliphatic carbocycles. The van der Waals surface area contributed by atoms with Crippen LogP contribution in [0.2, 0.25) is 0 Å². The lowest BCUT2D eigenvalue weighted by molar-refractivity contribution is -0.112. The van der Waals surface area contributed by atoms with Crippen LogP contribution in [-0.4, -0.2) is 16.5 Å². The van der Waals surface area contributed by atoms with Gasteiger partial charge in [-0.1, -0.05) is 19.3 Å². The van der Waals surface area contributed by atoms with Gasteiger partial charge < -0.3 is 5.11 Å². The first-order valence-corrected chi connectivity index (χ1v) is 4.55. The third kappa shape index (κ3) is 2.78. The molecule has 1 N–H and O–H groups in total. The van der Waals surface area contributed by atoms with Crippen LogP contribution in [0.15, 0.2) is 12.2 Å². The first kappa shape index (κ1) is 9.46. The highest BCUT2D eigenvalue weighted by Crippen LogP contribution is 2.28. The van der Waals surface area contributed by atoms with Crippen molar-refractivity contribution in [2.24, 2.45) is 0 Å². The zero-order chi connectivity index (χ0) is 9.03. The van der Waals surface area contributed by atoms with Crippen molar-refractivity contribution in [2.75, 3.05) is 0 Å². The molecule has 0 unspecified atom stereocenters. The molecule has 0 spiro atoms. The second kappa shape index (κ2) is 3.85. The Bertz CT molecular complexity index is 188. The fraction of sp³-hybridized carbons (Fsp3) is 0.700. The van der Waals surface area contributed by atoms with E-state index in [1.807, 2.05) is 0 Å². The van der Waals surface area contributed by atoms with E-state index >= 15 is 0 Å². The second-order valence-electron chi connectivity index (χ2n) is 3.61. The van der Waals surface area contributed by atoms with Crippen LogP contribution in [0.25, 0.3) is 0 Å². The summed E-state index contributed by atoms with van der Waals surface area (Å²) in [5, 5.41) is 9.88. The molecule has 0 aliphatic heterocycles. The van der Waals surface area contributed by atoms with Crippen molar-refractivity contribution in [3.63, 3.8) is 0 Å². The molecule has 0 aromatic carbocycles. The summed E-state index contributed by atoms with van der Waals surface area (Å²) in [5.74, 6) is 0.00833. The number of carbonyl (C=O) groups is 1. The third-order valence-corrected chi connectivity index (χ3v) is 2.35. The molecule has 0 heterocycles. The highest BCUT2D eigenvalue weighted by molar-refractivity contribution is 5.87. The Kier molecular flexibility index (Phi) is 3.04. The Balaban J connectivity index is 2.52. The van der Waals surface area contributed by atoms with E-state index in [0.717, 1.165) is 25.7 Å². The molecule has 0 saturated heterocycles. The number of hydrogen-bond acceptors (Lipinski definition) is 2.